The summed E-state index contributed by atoms with van der Waals surface area (Å²) in [5, 5.41) is 25.9. The largest absolute Gasteiger partial charge is 0.480 e. The predicted molar refractivity (Wildman–Crippen MR) is 182 cm³/mol. The number of aromatic nitrogens is 5. The number of alkyl carbamates (subject to hydrolysis) is 1. The summed E-state index contributed by atoms with van der Waals surface area (Å²) in [6.07, 6.45) is 2.27. The zero-order valence-corrected chi connectivity index (χ0v) is 28.0. The van der Waals surface area contributed by atoms with Crippen LogP contribution in [0, 0.1) is 0 Å². The summed E-state index contributed by atoms with van der Waals surface area (Å²) in [5.41, 5.74) is 4.97. The molecule has 2 N–H and O–H groups in total. The van der Waals surface area contributed by atoms with Gasteiger partial charge in [0.05, 0.1) is 11.6 Å². The van der Waals surface area contributed by atoms with E-state index in [-0.39, 0.29) is 24.8 Å². The van der Waals surface area contributed by atoms with Gasteiger partial charge >= 0.3 is 18.2 Å². The molecule has 2 atom stereocenters. The second-order valence-corrected chi connectivity index (χ2v) is 13.2. The molecule has 1 unspecified atom stereocenters. The molecule has 1 aliphatic rings. The molecule has 0 fully saturated rings. The van der Waals surface area contributed by atoms with Gasteiger partial charge in [0.1, 0.15) is 12.2 Å². The van der Waals surface area contributed by atoms with Crippen LogP contribution in [0.3, 0.4) is 0 Å². The third kappa shape index (κ3) is 7.03. The second kappa shape index (κ2) is 13.9. The highest BCUT2D eigenvalue weighted by molar-refractivity contribution is 5.92. The normalized spacial score (nSPS) is 13.8. The Balaban J connectivity index is 1.32. The zero-order chi connectivity index (χ0) is 34.7. The lowest BCUT2D eigenvalue weighted by atomic mass is 9.98. The summed E-state index contributed by atoms with van der Waals surface area (Å²) in [6, 6.07) is 21.6. The molecule has 1 amide bonds. The topological polar surface area (TPSA) is 150 Å². The molecule has 2 heterocycles. The first-order chi connectivity index (χ1) is 23.6. The van der Waals surface area contributed by atoms with E-state index < -0.39 is 35.8 Å². The van der Waals surface area contributed by atoms with E-state index in [2.05, 4.69) is 33.0 Å². The first-order valence-electron chi connectivity index (χ1n) is 16.5. The summed E-state index contributed by atoms with van der Waals surface area (Å²) in [5.74, 6) is -1.08. The van der Waals surface area contributed by atoms with Crippen molar-refractivity contribution in [3.05, 3.63) is 102 Å². The van der Waals surface area contributed by atoms with Crippen LogP contribution in [0.1, 0.15) is 87.5 Å². The van der Waals surface area contributed by atoms with Crippen molar-refractivity contribution in [1.29, 1.82) is 0 Å². The average molecular weight is 665 g/mol. The van der Waals surface area contributed by atoms with Crippen molar-refractivity contribution in [2.75, 3.05) is 6.61 Å². The van der Waals surface area contributed by atoms with Gasteiger partial charge in [0, 0.05) is 23.9 Å². The van der Waals surface area contributed by atoms with Gasteiger partial charge in [-0.2, -0.15) is 0 Å². The van der Waals surface area contributed by atoms with Crippen LogP contribution in [0.15, 0.2) is 79.0 Å². The summed E-state index contributed by atoms with van der Waals surface area (Å²) in [6.45, 7) is 7.44. The van der Waals surface area contributed by atoms with Crippen molar-refractivity contribution in [3.63, 3.8) is 0 Å². The van der Waals surface area contributed by atoms with E-state index in [9.17, 15) is 19.5 Å². The van der Waals surface area contributed by atoms with Gasteiger partial charge in [-0.3, -0.25) is 4.57 Å². The number of nitrogens with zero attached hydrogens (tertiary/aromatic N) is 5. The molecule has 254 valence electrons. The minimum atomic E-state index is -1.08. The van der Waals surface area contributed by atoms with Crippen LogP contribution in [0.25, 0.3) is 22.0 Å². The van der Waals surface area contributed by atoms with Crippen molar-refractivity contribution < 1.29 is 29.0 Å². The Hall–Kier alpha value is -5.52. The lowest BCUT2D eigenvalue weighted by Crippen LogP contribution is -2.35. The molecule has 12 heteroatoms. The number of hydrogen-bond donors (Lipinski definition) is 2. The first-order valence-corrected chi connectivity index (χ1v) is 16.5. The molecule has 6 rings (SSSR count). The molecule has 0 saturated carbocycles. The van der Waals surface area contributed by atoms with Gasteiger partial charge in [-0.1, -0.05) is 86.5 Å². The minimum Gasteiger partial charge on any atom is -0.480 e. The van der Waals surface area contributed by atoms with Gasteiger partial charge in [-0.25, -0.2) is 19.1 Å². The van der Waals surface area contributed by atoms with E-state index in [4.69, 9.17) is 9.47 Å². The Morgan fingerprint density at radius 3 is 2.27 bits per heavy atom. The van der Waals surface area contributed by atoms with Crippen LogP contribution in [-0.2, 0) is 20.7 Å². The maximum atomic E-state index is 13.6. The van der Waals surface area contributed by atoms with Crippen LogP contribution in [0.4, 0.5) is 9.59 Å². The predicted octanol–water partition coefficient (Wildman–Crippen LogP) is 7.05. The van der Waals surface area contributed by atoms with Crippen LogP contribution in [0.2, 0.25) is 0 Å². The number of nitrogens with one attached hydrogen (secondary N) is 1. The molecule has 49 heavy (non-hydrogen) atoms. The Labute approximate surface area is 284 Å². The quantitative estimate of drug-likeness (QED) is 0.151. The third-order valence-corrected chi connectivity index (χ3v) is 8.69. The van der Waals surface area contributed by atoms with E-state index in [1.807, 2.05) is 67.6 Å². The number of carbonyl (C=O) groups is 3. The van der Waals surface area contributed by atoms with Crippen molar-refractivity contribution >= 4 is 29.1 Å². The number of rotatable bonds is 11. The molecular formula is C37H40N6O6. The molecule has 0 saturated heterocycles. The first kappa shape index (κ1) is 33.4. The van der Waals surface area contributed by atoms with Gasteiger partial charge in [-0.05, 0) is 71.5 Å². The number of ether oxygens (including phenoxy) is 2. The number of unbranched alkanes of at least 4 members (excludes halogenated alkanes) is 1. The SMILES string of the molecule is CCCCC(C(=O)O)n1nnnc1[C@H](Cc1cn(C(=O)OC(C)(C)C)c2ccccc12)NC(=O)OCC1c2ccccc2-c2ccccc21. The molecule has 5 aromatic rings. The van der Waals surface area contributed by atoms with Gasteiger partial charge in [0.15, 0.2) is 11.9 Å². The molecule has 3 aromatic carbocycles. The number of carbonyl (C=O) groups excluding carboxylic acids is 2. The number of amides is 1. The third-order valence-electron chi connectivity index (χ3n) is 8.69. The number of hydrogen-bond acceptors (Lipinski definition) is 8. The lowest BCUT2D eigenvalue weighted by Gasteiger charge is -2.21. The van der Waals surface area contributed by atoms with E-state index >= 15 is 0 Å². The number of fused-ring (bicyclic) bond motifs is 4. The van der Waals surface area contributed by atoms with E-state index in [1.165, 1.54) is 9.25 Å². The monoisotopic (exact) mass is 664 g/mol. The number of benzene rings is 3. The van der Waals surface area contributed by atoms with Crippen molar-refractivity contribution in [2.24, 2.45) is 0 Å². The Morgan fingerprint density at radius 2 is 1.61 bits per heavy atom. The number of tetrazole rings is 1. The van der Waals surface area contributed by atoms with Crippen molar-refractivity contribution in [3.8, 4) is 11.1 Å². The number of carboxylic acids is 1. The highest BCUT2D eigenvalue weighted by Gasteiger charge is 2.33. The van der Waals surface area contributed by atoms with Gasteiger partial charge in [-0.15, -0.1) is 5.10 Å². The molecule has 0 radical (unpaired) electrons. The maximum Gasteiger partial charge on any atom is 0.419 e. The number of carboxylic acid groups (broad SMARTS) is 1. The van der Waals surface area contributed by atoms with E-state index in [0.29, 0.717) is 23.9 Å². The average Bonchev–Trinajstić information content (AvgIpc) is 3.78. The summed E-state index contributed by atoms with van der Waals surface area (Å²) < 4.78 is 14.2. The molecule has 2 aromatic heterocycles. The Bertz CT molecular complexity index is 1950. The van der Waals surface area contributed by atoms with Crippen molar-refractivity contribution in [2.45, 2.75) is 77.0 Å². The lowest BCUT2D eigenvalue weighted by molar-refractivity contribution is -0.141. The maximum absolute atomic E-state index is 13.6. The van der Waals surface area contributed by atoms with Crippen LogP contribution < -0.4 is 5.32 Å². The summed E-state index contributed by atoms with van der Waals surface area (Å²) in [4.78, 5) is 39.3. The fourth-order valence-electron chi connectivity index (χ4n) is 6.48. The van der Waals surface area contributed by atoms with Gasteiger partial charge < -0.3 is 19.9 Å². The Kier molecular flexibility index (Phi) is 9.48. The summed E-state index contributed by atoms with van der Waals surface area (Å²) in [7, 11) is 0. The fourth-order valence-corrected chi connectivity index (χ4v) is 6.48. The van der Waals surface area contributed by atoms with E-state index in [1.54, 1.807) is 27.0 Å². The standard InChI is InChI=1S/C37H40N6O6/c1-5-6-18-32(34(44)45)43-33(39-40-41-43)30(20-23-21-42(36(47)49-37(2,3)4)31-19-12-11-13-24(23)31)38-35(46)48-22-29-27-16-9-7-14-25(27)26-15-8-10-17-28(26)29/h7-17,19,21,29-30,32H,5-6,18,20,22H2,1-4H3,(H,38,46)(H,44,45)/t30-,32?/m0/s1. The van der Waals surface area contributed by atoms with Crippen LogP contribution in [0.5, 0.6) is 0 Å². The van der Waals surface area contributed by atoms with Crippen LogP contribution >= 0.6 is 0 Å². The Morgan fingerprint density at radius 1 is 0.959 bits per heavy atom. The summed E-state index contributed by atoms with van der Waals surface area (Å²) >= 11 is 0. The van der Waals surface area contributed by atoms with E-state index in [0.717, 1.165) is 34.1 Å². The van der Waals surface area contributed by atoms with Gasteiger partial charge in [0.2, 0.25) is 0 Å². The number of aliphatic carboxylic acids is 1. The molecule has 0 spiro atoms. The van der Waals surface area contributed by atoms with Crippen LogP contribution in [-0.4, -0.2) is 60.2 Å². The molecule has 12 nitrogen and oxygen atoms in total. The highest BCUT2D eigenvalue weighted by Crippen LogP contribution is 2.44. The molecule has 0 bridgehead atoms. The second-order valence-electron chi connectivity index (χ2n) is 13.2. The minimum absolute atomic E-state index is 0.0870. The smallest absolute Gasteiger partial charge is 0.419 e. The van der Waals surface area contributed by atoms with Crippen molar-refractivity contribution in [1.82, 2.24) is 30.1 Å². The van der Waals surface area contributed by atoms with Gasteiger partial charge in [0.25, 0.3) is 0 Å². The molecule has 0 aliphatic heterocycles. The number of para-hydroxylation sites is 1. The molecular weight excluding hydrogens is 624 g/mol. The zero-order valence-electron chi connectivity index (χ0n) is 28.0. The highest BCUT2D eigenvalue weighted by atomic mass is 16.6. The fraction of sp³-hybridized carbons (Fsp3) is 0.351. The molecule has 1 aliphatic carbocycles.